The van der Waals surface area contributed by atoms with Gasteiger partial charge in [-0.25, -0.2) is 4.68 Å². The Morgan fingerprint density at radius 1 is 1.17 bits per heavy atom. The topological polar surface area (TPSA) is 26.0 Å². The predicted molar refractivity (Wildman–Crippen MR) is 95.4 cm³/mol. The van der Waals surface area contributed by atoms with Gasteiger partial charge in [0.1, 0.15) is 6.33 Å². The summed E-state index contributed by atoms with van der Waals surface area (Å²) >= 11 is 7.46. The maximum absolute atomic E-state index is 5.62. The lowest BCUT2D eigenvalue weighted by Crippen LogP contribution is -2.26. The summed E-state index contributed by atoms with van der Waals surface area (Å²) in [6.07, 6.45) is 4.26. The molecule has 1 aliphatic rings. The SMILES string of the molecule is S=c1n(-c2ccccc2)cnn1CN1CCCC1c1cccs1. The van der Waals surface area contributed by atoms with Crippen LogP contribution in [0.2, 0.25) is 0 Å². The van der Waals surface area contributed by atoms with E-state index in [9.17, 15) is 0 Å². The van der Waals surface area contributed by atoms with Crippen LogP contribution in [0, 0.1) is 4.77 Å². The van der Waals surface area contributed by atoms with Crippen LogP contribution < -0.4 is 0 Å². The van der Waals surface area contributed by atoms with Gasteiger partial charge >= 0.3 is 0 Å². The number of hydrogen-bond acceptors (Lipinski definition) is 4. The van der Waals surface area contributed by atoms with Crippen molar-refractivity contribution in [1.29, 1.82) is 0 Å². The zero-order valence-electron chi connectivity index (χ0n) is 12.7. The molecule has 4 rings (SSSR count). The summed E-state index contributed by atoms with van der Waals surface area (Å²) in [6, 6.07) is 15.0. The van der Waals surface area contributed by atoms with Gasteiger partial charge in [0.25, 0.3) is 0 Å². The summed E-state index contributed by atoms with van der Waals surface area (Å²) in [5.74, 6) is 0. The molecule has 0 radical (unpaired) electrons. The second-order valence-electron chi connectivity index (χ2n) is 5.75. The molecule has 0 spiro atoms. The maximum Gasteiger partial charge on any atom is 0.203 e. The van der Waals surface area contributed by atoms with Crippen LogP contribution >= 0.6 is 23.6 Å². The second-order valence-corrected chi connectivity index (χ2v) is 7.09. The van der Waals surface area contributed by atoms with Gasteiger partial charge in [-0.3, -0.25) is 9.47 Å². The molecular weight excluding hydrogens is 324 g/mol. The van der Waals surface area contributed by atoms with Crippen LogP contribution in [-0.2, 0) is 6.67 Å². The summed E-state index contributed by atoms with van der Waals surface area (Å²) in [5, 5.41) is 6.66. The molecule has 6 heteroatoms. The normalized spacial score (nSPS) is 18.5. The molecule has 1 saturated heterocycles. The Labute approximate surface area is 144 Å². The van der Waals surface area contributed by atoms with Gasteiger partial charge in [-0.15, -0.1) is 11.3 Å². The van der Waals surface area contributed by atoms with E-state index in [2.05, 4.69) is 27.5 Å². The number of likely N-dealkylation sites (tertiary alicyclic amines) is 1. The Balaban J connectivity index is 1.58. The molecule has 1 unspecified atom stereocenters. The highest BCUT2D eigenvalue weighted by molar-refractivity contribution is 7.71. The maximum atomic E-state index is 5.62. The van der Waals surface area contributed by atoms with Gasteiger partial charge < -0.3 is 0 Å². The number of aromatic nitrogens is 3. The van der Waals surface area contributed by atoms with Crippen molar-refractivity contribution in [3.63, 3.8) is 0 Å². The standard InChI is InChI=1S/C17H18N4S2/c22-17-20(14-6-2-1-3-7-14)12-18-21(17)13-19-10-4-8-15(19)16-9-5-11-23-16/h1-3,5-7,9,11-12,15H,4,8,10,13H2. The van der Waals surface area contributed by atoms with E-state index in [0.717, 1.165) is 23.7 Å². The minimum Gasteiger partial charge on any atom is -0.276 e. The van der Waals surface area contributed by atoms with Crippen molar-refractivity contribution in [1.82, 2.24) is 19.2 Å². The molecule has 2 aromatic heterocycles. The van der Waals surface area contributed by atoms with E-state index >= 15 is 0 Å². The Kier molecular flexibility index (Phi) is 4.11. The minimum absolute atomic E-state index is 0.499. The second kappa shape index (κ2) is 6.39. The van der Waals surface area contributed by atoms with Crippen LogP contribution in [0.25, 0.3) is 5.69 Å². The highest BCUT2D eigenvalue weighted by atomic mass is 32.1. The molecule has 1 aliphatic heterocycles. The van der Waals surface area contributed by atoms with Gasteiger partial charge in [-0.2, -0.15) is 5.10 Å². The van der Waals surface area contributed by atoms with Crippen molar-refractivity contribution in [3.05, 3.63) is 63.8 Å². The molecule has 3 aromatic rings. The molecule has 23 heavy (non-hydrogen) atoms. The lowest BCUT2D eigenvalue weighted by Gasteiger charge is -2.23. The van der Waals surface area contributed by atoms with Gasteiger partial charge in [-0.05, 0) is 48.6 Å². The van der Waals surface area contributed by atoms with Crippen LogP contribution in [-0.4, -0.2) is 25.8 Å². The zero-order valence-corrected chi connectivity index (χ0v) is 14.3. The van der Waals surface area contributed by atoms with E-state index in [4.69, 9.17) is 12.2 Å². The molecule has 3 heterocycles. The summed E-state index contributed by atoms with van der Waals surface area (Å²) in [7, 11) is 0. The molecular formula is C17H18N4S2. The van der Waals surface area contributed by atoms with Gasteiger partial charge in [0.15, 0.2) is 0 Å². The first-order valence-corrected chi connectivity index (χ1v) is 9.09. The van der Waals surface area contributed by atoms with Crippen molar-refractivity contribution in [3.8, 4) is 5.69 Å². The third kappa shape index (κ3) is 2.89. The van der Waals surface area contributed by atoms with E-state index in [0.29, 0.717) is 6.04 Å². The smallest absolute Gasteiger partial charge is 0.203 e. The van der Waals surface area contributed by atoms with Crippen LogP contribution in [0.3, 0.4) is 0 Å². The van der Waals surface area contributed by atoms with Crippen molar-refractivity contribution in [2.24, 2.45) is 0 Å². The highest BCUT2D eigenvalue weighted by Gasteiger charge is 2.27. The van der Waals surface area contributed by atoms with Crippen LogP contribution in [0.4, 0.5) is 0 Å². The first-order valence-electron chi connectivity index (χ1n) is 7.80. The third-order valence-electron chi connectivity index (χ3n) is 4.32. The van der Waals surface area contributed by atoms with E-state index in [1.165, 1.54) is 17.7 Å². The molecule has 1 atom stereocenters. The van der Waals surface area contributed by atoms with Crippen LogP contribution in [0.15, 0.2) is 54.2 Å². The summed E-state index contributed by atoms with van der Waals surface area (Å²) in [6.45, 7) is 1.85. The lowest BCUT2D eigenvalue weighted by molar-refractivity contribution is 0.192. The number of hydrogen-bond donors (Lipinski definition) is 0. The summed E-state index contributed by atoms with van der Waals surface area (Å²) in [4.78, 5) is 3.92. The number of rotatable bonds is 4. The van der Waals surface area contributed by atoms with Crippen LogP contribution in [0.5, 0.6) is 0 Å². The highest BCUT2D eigenvalue weighted by Crippen LogP contribution is 2.34. The fourth-order valence-electron chi connectivity index (χ4n) is 3.17. The lowest BCUT2D eigenvalue weighted by atomic mass is 10.2. The molecule has 0 bridgehead atoms. The summed E-state index contributed by atoms with van der Waals surface area (Å²) in [5.41, 5.74) is 1.06. The summed E-state index contributed by atoms with van der Waals surface area (Å²) < 4.78 is 4.63. The zero-order chi connectivity index (χ0) is 15.6. The number of benzene rings is 1. The van der Waals surface area contributed by atoms with Gasteiger partial charge in [0, 0.05) is 23.2 Å². The largest absolute Gasteiger partial charge is 0.276 e. The molecule has 118 valence electrons. The number of para-hydroxylation sites is 1. The monoisotopic (exact) mass is 342 g/mol. The molecule has 4 nitrogen and oxygen atoms in total. The van der Waals surface area contributed by atoms with Gasteiger partial charge in [0.05, 0.1) is 6.67 Å². The van der Waals surface area contributed by atoms with Crippen molar-refractivity contribution in [2.75, 3.05) is 6.54 Å². The van der Waals surface area contributed by atoms with Crippen molar-refractivity contribution >= 4 is 23.6 Å². The van der Waals surface area contributed by atoms with Crippen molar-refractivity contribution in [2.45, 2.75) is 25.6 Å². The molecule has 0 saturated carbocycles. The van der Waals surface area contributed by atoms with E-state index in [-0.39, 0.29) is 0 Å². The third-order valence-corrected chi connectivity index (χ3v) is 5.70. The Hall–Kier alpha value is -1.76. The first-order chi connectivity index (χ1) is 11.3. The Morgan fingerprint density at radius 3 is 2.83 bits per heavy atom. The average molecular weight is 342 g/mol. The molecule has 1 aromatic carbocycles. The Bertz CT molecular complexity index is 820. The molecule has 1 fully saturated rings. The fraction of sp³-hybridized carbons (Fsp3) is 0.294. The molecule has 0 aliphatic carbocycles. The number of nitrogens with zero attached hydrogens (tertiary/aromatic N) is 4. The fourth-order valence-corrected chi connectivity index (χ4v) is 4.32. The van der Waals surface area contributed by atoms with Gasteiger partial charge in [-0.1, -0.05) is 24.3 Å². The average Bonchev–Trinajstić information content (AvgIpc) is 3.31. The molecule has 0 amide bonds. The van der Waals surface area contributed by atoms with E-state index in [1.54, 1.807) is 0 Å². The van der Waals surface area contributed by atoms with E-state index in [1.807, 2.05) is 57.2 Å². The number of thiophene rings is 1. The molecule has 0 N–H and O–H groups in total. The minimum atomic E-state index is 0.499. The van der Waals surface area contributed by atoms with Crippen LogP contribution in [0.1, 0.15) is 23.8 Å². The predicted octanol–water partition coefficient (Wildman–Crippen LogP) is 4.26. The van der Waals surface area contributed by atoms with Crippen molar-refractivity contribution < 1.29 is 0 Å². The first kappa shape index (κ1) is 14.8. The van der Waals surface area contributed by atoms with E-state index < -0.39 is 0 Å². The van der Waals surface area contributed by atoms with Gasteiger partial charge in [0.2, 0.25) is 4.77 Å². The Morgan fingerprint density at radius 2 is 2.04 bits per heavy atom. The quantitative estimate of drug-likeness (QED) is 0.663.